The van der Waals surface area contributed by atoms with Crippen LogP contribution in [0.15, 0.2) is 60.8 Å². The van der Waals surface area contributed by atoms with Gasteiger partial charge in [-0.05, 0) is 42.0 Å². The normalized spacial score (nSPS) is 12.7. The standard InChI is InChI=1S/C23H26N4O/c1-16(2)15-20(23-25-18-8-4-5-9-19(18)26-23)24-22(28)12-14-27-13-11-17-7-3-6-10-21(17)27/h3-11,13,16,20H,12,14-15H2,1-2H3,(H,24,28)(H,25,26)/t20-/m0/s1. The van der Waals surface area contributed by atoms with Crippen LogP contribution in [0.3, 0.4) is 0 Å². The Labute approximate surface area is 164 Å². The number of para-hydroxylation sites is 3. The molecule has 2 aromatic carbocycles. The highest BCUT2D eigenvalue weighted by molar-refractivity contribution is 5.81. The lowest BCUT2D eigenvalue weighted by molar-refractivity contribution is -0.122. The largest absolute Gasteiger partial charge is 0.347 e. The van der Waals surface area contributed by atoms with Crippen molar-refractivity contribution in [2.75, 3.05) is 0 Å². The molecule has 4 rings (SSSR count). The number of aryl methyl sites for hydroxylation is 1. The maximum Gasteiger partial charge on any atom is 0.222 e. The Hall–Kier alpha value is -3.08. The summed E-state index contributed by atoms with van der Waals surface area (Å²) >= 11 is 0. The van der Waals surface area contributed by atoms with E-state index in [0.29, 0.717) is 18.9 Å². The Balaban J connectivity index is 1.46. The van der Waals surface area contributed by atoms with Gasteiger partial charge in [-0.3, -0.25) is 4.79 Å². The lowest BCUT2D eigenvalue weighted by Gasteiger charge is -2.19. The molecular formula is C23H26N4O. The fourth-order valence-corrected chi connectivity index (χ4v) is 3.67. The number of nitrogens with zero attached hydrogens (tertiary/aromatic N) is 2. The zero-order valence-electron chi connectivity index (χ0n) is 16.4. The molecule has 0 aliphatic heterocycles. The molecule has 5 nitrogen and oxygen atoms in total. The van der Waals surface area contributed by atoms with Gasteiger partial charge in [0, 0.05) is 24.7 Å². The fourth-order valence-electron chi connectivity index (χ4n) is 3.67. The van der Waals surface area contributed by atoms with E-state index in [4.69, 9.17) is 4.98 Å². The molecule has 0 saturated heterocycles. The summed E-state index contributed by atoms with van der Waals surface area (Å²) in [4.78, 5) is 20.8. The number of nitrogens with one attached hydrogen (secondary N) is 2. The number of H-pyrrole nitrogens is 1. The highest BCUT2D eigenvalue weighted by Crippen LogP contribution is 2.22. The molecule has 0 saturated carbocycles. The first-order valence-electron chi connectivity index (χ1n) is 9.88. The third-order valence-electron chi connectivity index (χ3n) is 5.04. The summed E-state index contributed by atoms with van der Waals surface area (Å²) in [6, 6.07) is 18.2. The minimum absolute atomic E-state index is 0.0453. The van der Waals surface area contributed by atoms with E-state index in [-0.39, 0.29) is 11.9 Å². The van der Waals surface area contributed by atoms with Gasteiger partial charge < -0.3 is 14.9 Å². The molecule has 0 radical (unpaired) electrons. The second-order valence-corrected chi connectivity index (χ2v) is 7.71. The van der Waals surface area contributed by atoms with Crippen LogP contribution in [-0.4, -0.2) is 20.4 Å². The summed E-state index contributed by atoms with van der Waals surface area (Å²) in [5.74, 6) is 1.32. The van der Waals surface area contributed by atoms with Crippen LogP contribution in [0, 0.1) is 5.92 Å². The molecule has 2 aromatic heterocycles. The van der Waals surface area contributed by atoms with E-state index in [1.165, 1.54) is 5.39 Å². The molecule has 2 N–H and O–H groups in total. The number of aromatic nitrogens is 3. The average Bonchev–Trinajstić information content (AvgIpc) is 3.29. The number of carbonyl (C=O) groups excluding carboxylic acids is 1. The minimum Gasteiger partial charge on any atom is -0.347 e. The lowest BCUT2D eigenvalue weighted by Crippen LogP contribution is -2.30. The van der Waals surface area contributed by atoms with Crippen LogP contribution in [0.4, 0.5) is 0 Å². The van der Waals surface area contributed by atoms with Crippen LogP contribution in [0.25, 0.3) is 21.9 Å². The number of fused-ring (bicyclic) bond motifs is 2. The van der Waals surface area contributed by atoms with Crippen LogP contribution < -0.4 is 5.32 Å². The number of benzene rings is 2. The van der Waals surface area contributed by atoms with Gasteiger partial charge in [-0.15, -0.1) is 0 Å². The van der Waals surface area contributed by atoms with Crippen molar-refractivity contribution in [3.63, 3.8) is 0 Å². The first-order chi connectivity index (χ1) is 13.6. The van der Waals surface area contributed by atoms with E-state index in [1.807, 2.05) is 42.6 Å². The van der Waals surface area contributed by atoms with E-state index >= 15 is 0 Å². The summed E-state index contributed by atoms with van der Waals surface area (Å²) in [5.41, 5.74) is 3.09. The molecule has 28 heavy (non-hydrogen) atoms. The molecule has 1 amide bonds. The van der Waals surface area contributed by atoms with E-state index in [9.17, 15) is 4.79 Å². The number of hydrogen-bond acceptors (Lipinski definition) is 2. The molecule has 0 aliphatic carbocycles. The summed E-state index contributed by atoms with van der Waals surface area (Å²) in [7, 11) is 0. The smallest absolute Gasteiger partial charge is 0.222 e. The highest BCUT2D eigenvalue weighted by Gasteiger charge is 2.19. The van der Waals surface area contributed by atoms with Gasteiger partial charge in [0.2, 0.25) is 5.91 Å². The molecule has 0 spiro atoms. The van der Waals surface area contributed by atoms with Gasteiger partial charge in [-0.25, -0.2) is 4.98 Å². The van der Waals surface area contributed by atoms with Crippen molar-refractivity contribution in [1.82, 2.24) is 19.9 Å². The zero-order valence-corrected chi connectivity index (χ0v) is 16.4. The molecule has 0 fully saturated rings. The topological polar surface area (TPSA) is 62.7 Å². The monoisotopic (exact) mass is 374 g/mol. The molecule has 5 heteroatoms. The number of rotatable bonds is 7. The molecule has 1 atom stereocenters. The van der Waals surface area contributed by atoms with Gasteiger partial charge in [-0.1, -0.05) is 44.2 Å². The minimum atomic E-state index is -0.110. The number of amides is 1. The highest BCUT2D eigenvalue weighted by atomic mass is 16.1. The molecule has 2 heterocycles. The van der Waals surface area contributed by atoms with Gasteiger partial charge in [0.25, 0.3) is 0 Å². The van der Waals surface area contributed by atoms with E-state index in [0.717, 1.165) is 28.8 Å². The van der Waals surface area contributed by atoms with Gasteiger partial charge in [0.1, 0.15) is 5.82 Å². The molecule has 0 bridgehead atoms. The second-order valence-electron chi connectivity index (χ2n) is 7.71. The van der Waals surface area contributed by atoms with Crippen molar-refractivity contribution in [2.24, 2.45) is 5.92 Å². The predicted molar refractivity (Wildman–Crippen MR) is 113 cm³/mol. The Kier molecular flexibility index (Phi) is 5.15. The van der Waals surface area contributed by atoms with Crippen molar-refractivity contribution in [2.45, 2.75) is 39.3 Å². The third-order valence-corrected chi connectivity index (χ3v) is 5.04. The van der Waals surface area contributed by atoms with Crippen LogP contribution in [0.1, 0.15) is 38.6 Å². The van der Waals surface area contributed by atoms with E-state index < -0.39 is 0 Å². The SMILES string of the molecule is CC(C)C[C@H](NC(=O)CCn1ccc2ccccc21)c1nc2ccccc2[nH]1. The van der Waals surface area contributed by atoms with Crippen LogP contribution in [-0.2, 0) is 11.3 Å². The fraction of sp³-hybridized carbons (Fsp3) is 0.304. The van der Waals surface area contributed by atoms with E-state index in [2.05, 4.69) is 46.9 Å². The van der Waals surface area contributed by atoms with Crippen LogP contribution >= 0.6 is 0 Å². The molecule has 0 unspecified atom stereocenters. The lowest BCUT2D eigenvalue weighted by atomic mass is 10.0. The molecular weight excluding hydrogens is 348 g/mol. The Morgan fingerprint density at radius 3 is 2.71 bits per heavy atom. The Bertz CT molecular complexity index is 1060. The van der Waals surface area contributed by atoms with E-state index in [1.54, 1.807) is 0 Å². The van der Waals surface area contributed by atoms with Gasteiger partial charge in [0.05, 0.1) is 17.1 Å². The van der Waals surface area contributed by atoms with Crippen LogP contribution in [0.5, 0.6) is 0 Å². The third kappa shape index (κ3) is 3.93. The van der Waals surface area contributed by atoms with Crippen molar-refractivity contribution in [3.05, 3.63) is 66.6 Å². The Morgan fingerprint density at radius 2 is 1.89 bits per heavy atom. The summed E-state index contributed by atoms with van der Waals surface area (Å²) in [6.07, 6.45) is 3.33. The number of imidazole rings is 1. The van der Waals surface area contributed by atoms with Crippen LogP contribution in [0.2, 0.25) is 0 Å². The maximum atomic E-state index is 12.7. The number of carbonyl (C=O) groups is 1. The maximum absolute atomic E-state index is 12.7. The van der Waals surface area contributed by atoms with Crippen molar-refractivity contribution < 1.29 is 4.79 Å². The summed E-state index contributed by atoms with van der Waals surface area (Å²) in [5, 5.41) is 4.39. The number of hydrogen-bond donors (Lipinski definition) is 2. The van der Waals surface area contributed by atoms with Crippen molar-refractivity contribution in [3.8, 4) is 0 Å². The van der Waals surface area contributed by atoms with Gasteiger partial charge in [-0.2, -0.15) is 0 Å². The second kappa shape index (κ2) is 7.89. The first-order valence-corrected chi connectivity index (χ1v) is 9.88. The average molecular weight is 374 g/mol. The number of aromatic amines is 1. The first kappa shape index (κ1) is 18.3. The Morgan fingerprint density at radius 1 is 1.11 bits per heavy atom. The quantitative estimate of drug-likeness (QED) is 0.487. The molecule has 0 aliphatic rings. The molecule has 4 aromatic rings. The van der Waals surface area contributed by atoms with Gasteiger partial charge >= 0.3 is 0 Å². The zero-order chi connectivity index (χ0) is 19.5. The van der Waals surface area contributed by atoms with Gasteiger partial charge in [0.15, 0.2) is 0 Å². The summed E-state index contributed by atoms with van der Waals surface area (Å²) < 4.78 is 2.13. The van der Waals surface area contributed by atoms with Crippen molar-refractivity contribution in [1.29, 1.82) is 0 Å². The summed E-state index contributed by atoms with van der Waals surface area (Å²) in [6.45, 7) is 4.98. The molecule has 144 valence electrons. The predicted octanol–water partition coefficient (Wildman–Crippen LogP) is 4.81. The van der Waals surface area contributed by atoms with Crippen molar-refractivity contribution >= 4 is 27.8 Å².